The summed E-state index contributed by atoms with van der Waals surface area (Å²) in [5.41, 5.74) is 1.87. The van der Waals surface area contributed by atoms with E-state index in [4.69, 9.17) is 9.47 Å². The summed E-state index contributed by atoms with van der Waals surface area (Å²) >= 11 is 0. The van der Waals surface area contributed by atoms with Crippen molar-refractivity contribution >= 4 is 23.4 Å². The van der Waals surface area contributed by atoms with Crippen molar-refractivity contribution in [1.82, 2.24) is 4.90 Å². The molecule has 2 saturated heterocycles. The lowest BCUT2D eigenvalue weighted by Gasteiger charge is -2.32. The standard InChI is InChI=1S/C18H25N3O4/c1-24-18(23)21-8-6-14(7-9-21)17(22)19-15-4-2-3-5-16(15)20-10-12-25-13-11-20/h2-5,14H,6-13H2,1H3,(H,19,22). The smallest absolute Gasteiger partial charge is 0.409 e. The summed E-state index contributed by atoms with van der Waals surface area (Å²) in [5.74, 6) is -0.0659. The van der Waals surface area contributed by atoms with Crippen molar-refractivity contribution in [2.45, 2.75) is 12.8 Å². The van der Waals surface area contributed by atoms with E-state index in [1.165, 1.54) is 7.11 Å². The van der Waals surface area contributed by atoms with Gasteiger partial charge in [0.05, 0.1) is 31.7 Å². The molecule has 0 bridgehead atoms. The molecule has 1 N–H and O–H groups in total. The van der Waals surface area contributed by atoms with Crippen molar-refractivity contribution in [2.75, 3.05) is 56.7 Å². The fourth-order valence-electron chi connectivity index (χ4n) is 3.35. The number of para-hydroxylation sites is 2. The van der Waals surface area contributed by atoms with Crippen LogP contribution in [0.4, 0.5) is 16.2 Å². The molecule has 0 spiro atoms. The van der Waals surface area contributed by atoms with E-state index in [2.05, 4.69) is 10.2 Å². The molecule has 2 heterocycles. The van der Waals surface area contributed by atoms with Crippen LogP contribution in [0.1, 0.15) is 12.8 Å². The highest BCUT2D eigenvalue weighted by atomic mass is 16.5. The van der Waals surface area contributed by atoms with Crippen LogP contribution in [0, 0.1) is 5.92 Å². The van der Waals surface area contributed by atoms with Gasteiger partial charge < -0.3 is 24.6 Å². The lowest BCUT2D eigenvalue weighted by Crippen LogP contribution is -2.41. The van der Waals surface area contributed by atoms with Crippen LogP contribution in [0.3, 0.4) is 0 Å². The Morgan fingerprint density at radius 2 is 1.80 bits per heavy atom. The minimum Gasteiger partial charge on any atom is -0.453 e. The van der Waals surface area contributed by atoms with Crippen LogP contribution in [0.2, 0.25) is 0 Å². The number of hydrogen-bond acceptors (Lipinski definition) is 5. The van der Waals surface area contributed by atoms with Crippen molar-refractivity contribution in [3.63, 3.8) is 0 Å². The highest BCUT2D eigenvalue weighted by molar-refractivity contribution is 5.96. The number of rotatable bonds is 3. The van der Waals surface area contributed by atoms with E-state index in [0.29, 0.717) is 39.1 Å². The number of methoxy groups -OCH3 is 1. The molecule has 136 valence electrons. The molecule has 25 heavy (non-hydrogen) atoms. The number of nitrogens with one attached hydrogen (secondary N) is 1. The van der Waals surface area contributed by atoms with Gasteiger partial charge in [-0.25, -0.2) is 4.79 Å². The number of likely N-dealkylation sites (tertiary alicyclic amines) is 1. The fourth-order valence-corrected chi connectivity index (χ4v) is 3.35. The third kappa shape index (κ3) is 4.22. The topological polar surface area (TPSA) is 71.1 Å². The SMILES string of the molecule is COC(=O)N1CCC(C(=O)Nc2ccccc2N2CCOCC2)CC1. The number of morpholine rings is 1. The minimum absolute atomic E-state index is 0.0187. The van der Waals surface area contributed by atoms with E-state index in [1.807, 2.05) is 24.3 Å². The molecule has 7 heteroatoms. The van der Waals surface area contributed by atoms with Gasteiger partial charge in [-0.3, -0.25) is 4.79 Å². The molecule has 2 amide bonds. The Morgan fingerprint density at radius 3 is 2.48 bits per heavy atom. The predicted molar refractivity (Wildman–Crippen MR) is 94.8 cm³/mol. The molecule has 0 aromatic heterocycles. The zero-order valence-electron chi connectivity index (χ0n) is 14.6. The van der Waals surface area contributed by atoms with Gasteiger partial charge in [-0.1, -0.05) is 12.1 Å². The maximum absolute atomic E-state index is 12.7. The molecule has 2 aliphatic heterocycles. The van der Waals surface area contributed by atoms with Gasteiger partial charge in [-0.15, -0.1) is 0 Å². The molecule has 2 aliphatic rings. The lowest BCUT2D eigenvalue weighted by atomic mass is 9.96. The molecule has 7 nitrogen and oxygen atoms in total. The van der Waals surface area contributed by atoms with Gasteiger partial charge in [-0.2, -0.15) is 0 Å². The average molecular weight is 347 g/mol. The highest BCUT2D eigenvalue weighted by Crippen LogP contribution is 2.28. The van der Waals surface area contributed by atoms with Crippen LogP contribution >= 0.6 is 0 Å². The molecule has 1 aromatic carbocycles. The molecule has 3 rings (SSSR count). The monoisotopic (exact) mass is 347 g/mol. The number of benzene rings is 1. The van der Waals surface area contributed by atoms with Gasteiger partial charge >= 0.3 is 6.09 Å². The van der Waals surface area contributed by atoms with E-state index >= 15 is 0 Å². The van der Waals surface area contributed by atoms with Gasteiger partial charge in [0.1, 0.15) is 0 Å². The zero-order chi connectivity index (χ0) is 17.6. The number of piperidine rings is 1. The van der Waals surface area contributed by atoms with Gasteiger partial charge in [-0.05, 0) is 25.0 Å². The minimum atomic E-state index is -0.323. The molecule has 0 radical (unpaired) electrons. The molecule has 0 atom stereocenters. The number of hydrogen-bond donors (Lipinski definition) is 1. The first kappa shape index (κ1) is 17.5. The second-order valence-corrected chi connectivity index (χ2v) is 6.34. The normalized spacial score (nSPS) is 18.8. The van der Waals surface area contributed by atoms with Crippen LogP contribution in [-0.2, 0) is 14.3 Å². The molecule has 0 unspecified atom stereocenters. The zero-order valence-corrected chi connectivity index (χ0v) is 14.6. The van der Waals surface area contributed by atoms with Gasteiger partial charge in [0.2, 0.25) is 5.91 Å². The summed E-state index contributed by atoms with van der Waals surface area (Å²) in [4.78, 5) is 28.1. The van der Waals surface area contributed by atoms with Gasteiger partial charge in [0.25, 0.3) is 0 Å². The highest BCUT2D eigenvalue weighted by Gasteiger charge is 2.28. The molecular weight excluding hydrogens is 322 g/mol. The first-order valence-corrected chi connectivity index (χ1v) is 8.74. The Kier molecular flexibility index (Phi) is 5.75. The maximum atomic E-state index is 12.7. The van der Waals surface area contributed by atoms with Crippen LogP contribution in [0.5, 0.6) is 0 Å². The Hall–Kier alpha value is -2.28. The Morgan fingerprint density at radius 1 is 1.12 bits per heavy atom. The average Bonchev–Trinajstić information content (AvgIpc) is 2.68. The molecule has 1 aromatic rings. The fraction of sp³-hybridized carbons (Fsp3) is 0.556. The Labute approximate surface area is 147 Å². The second-order valence-electron chi connectivity index (χ2n) is 6.34. The first-order valence-electron chi connectivity index (χ1n) is 8.74. The largest absolute Gasteiger partial charge is 0.453 e. The summed E-state index contributed by atoms with van der Waals surface area (Å²) < 4.78 is 10.1. The summed E-state index contributed by atoms with van der Waals surface area (Å²) in [6.07, 6.45) is 0.984. The van der Waals surface area contributed by atoms with E-state index in [-0.39, 0.29) is 17.9 Å². The van der Waals surface area contributed by atoms with E-state index < -0.39 is 0 Å². The van der Waals surface area contributed by atoms with Crippen molar-refractivity contribution < 1.29 is 19.1 Å². The van der Waals surface area contributed by atoms with E-state index in [1.54, 1.807) is 4.90 Å². The number of ether oxygens (including phenoxy) is 2. The van der Waals surface area contributed by atoms with Gasteiger partial charge in [0.15, 0.2) is 0 Å². The Balaban J connectivity index is 1.61. The number of anilines is 2. The van der Waals surface area contributed by atoms with Crippen LogP contribution < -0.4 is 10.2 Å². The summed E-state index contributed by atoms with van der Waals surface area (Å²) in [6, 6.07) is 7.88. The lowest BCUT2D eigenvalue weighted by molar-refractivity contribution is -0.121. The molecular formula is C18H25N3O4. The van der Waals surface area contributed by atoms with Crippen molar-refractivity contribution in [1.29, 1.82) is 0 Å². The quantitative estimate of drug-likeness (QED) is 0.905. The summed E-state index contributed by atoms with van der Waals surface area (Å²) in [5, 5.41) is 3.08. The Bertz CT molecular complexity index is 608. The number of amides is 2. The van der Waals surface area contributed by atoms with Crippen molar-refractivity contribution in [3.05, 3.63) is 24.3 Å². The van der Waals surface area contributed by atoms with Crippen molar-refractivity contribution in [2.24, 2.45) is 5.92 Å². The van der Waals surface area contributed by atoms with Crippen LogP contribution in [0.15, 0.2) is 24.3 Å². The number of carbonyl (C=O) groups is 2. The third-order valence-corrected chi connectivity index (χ3v) is 4.81. The van der Waals surface area contributed by atoms with Crippen LogP contribution in [-0.4, -0.2) is 63.4 Å². The molecule has 0 saturated carbocycles. The molecule has 2 fully saturated rings. The second kappa shape index (κ2) is 8.20. The van der Waals surface area contributed by atoms with Gasteiger partial charge in [0, 0.05) is 32.1 Å². The third-order valence-electron chi connectivity index (χ3n) is 4.81. The predicted octanol–water partition coefficient (Wildman–Crippen LogP) is 1.94. The maximum Gasteiger partial charge on any atom is 0.409 e. The summed E-state index contributed by atoms with van der Waals surface area (Å²) in [6.45, 7) is 4.16. The van der Waals surface area contributed by atoms with E-state index in [0.717, 1.165) is 24.5 Å². The first-order chi connectivity index (χ1) is 12.2. The van der Waals surface area contributed by atoms with Crippen molar-refractivity contribution in [3.8, 4) is 0 Å². The van der Waals surface area contributed by atoms with E-state index in [9.17, 15) is 9.59 Å². The summed E-state index contributed by atoms with van der Waals surface area (Å²) in [7, 11) is 1.38. The number of carbonyl (C=O) groups excluding carboxylic acids is 2. The van der Waals surface area contributed by atoms with Crippen LogP contribution in [0.25, 0.3) is 0 Å². The number of nitrogens with zero attached hydrogens (tertiary/aromatic N) is 2. The molecule has 0 aliphatic carbocycles.